The van der Waals surface area contributed by atoms with Crippen molar-refractivity contribution in [2.45, 2.75) is 19.1 Å². The second-order valence-corrected chi connectivity index (χ2v) is 5.25. The van der Waals surface area contributed by atoms with Gasteiger partial charge >= 0.3 is 0 Å². The lowest BCUT2D eigenvalue weighted by Crippen LogP contribution is -2.27. The van der Waals surface area contributed by atoms with Gasteiger partial charge in [0.05, 0.1) is 24.3 Å². The molecule has 0 saturated carbocycles. The van der Waals surface area contributed by atoms with Crippen LogP contribution in [-0.2, 0) is 17.7 Å². The number of benzene rings is 2. The van der Waals surface area contributed by atoms with Crippen LogP contribution >= 0.6 is 0 Å². The number of nitriles is 1. The van der Waals surface area contributed by atoms with Gasteiger partial charge in [0.25, 0.3) is 0 Å². The fourth-order valence-corrected chi connectivity index (χ4v) is 2.69. The molecular weight excluding hydrogens is 260 g/mol. The molecule has 106 valence electrons. The van der Waals surface area contributed by atoms with E-state index in [0.29, 0.717) is 5.56 Å². The van der Waals surface area contributed by atoms with Gasteiger partial charge in [0.2, 0.25) is 0 Å². The van der Waals surface area contributed by atoms with E-state index in [0.717, 1.165) is 26.1 Å². The standard InChI is InChI=1S/C18H18N2O/c19-11-14-5-7-15(8-6-14)12-20-13-18-17-4-2-1-3-16(17)9-10-21-18/h1-8,18,20H,9-10,12-13H2. The molecule has 1 heterocycles. The average Bonchev–Trinajstić information content (AvgIpc) is 2.56. The van der Waals surface area contributed by atoms with Crippen molar-refractivity contribution in [3.8, 4) is 6.07 Å². The van der Waals surface area contributed by atoms with E-state index in [4.69, 9.17) is 10.00 Å². The van der Waals surface area contributed by atoms with Gasteiger partial charge in [-0.2, -0.15) is 5.26 Å². The van der Waals surface area contributed by atoms with Crippen LogP contribution in [0.4, 0.5) is 0 Å². The highest BCUT2D eigenvalue weighted by Gasteiger charge is 2.19. The Hall–Kier alpha value is -2.15. The molecule has 1 aliphatic rings. The van der Waals surface area contributed by atoms with Crippen LogP contribution in [0.1, 0.15) is 28.4 Å². The maximum Gasteiger partial charge on any atom is 0.0991 e. The second kappa shape index (κ2) is 6.53. The van der Waals surface area contributed by atoms with Crippen LogP contribution in [0.5, 0.6) is 0 Å². The number of nitrogens with zero attached hydrogens (tertiary/aromatic N) is 1. The fourth-order valence-electron chi connectivity index (χ4n) is 2.69. The molecule has 3 rings (SSSR count). The lowest BCUT2D eigenvalue weighted by molar-refractivity contribution is 0.0423. The van der Waals surface area contributed by atoms with Crippen LogP contribution in [0.15, 0.2) is 48.5 Å². The molecule has 2 aromatic carbocycles. The average molecular weight is 278 g/mol. The van der Waals surface area contributed by atoms with Gasteiger partial charge in [-0.1, -0.05) is 36.4 Å². The first-order valence-corrected chi connectivity index (χ1v) is 7.26. The first-order chi connectivity index (χ1) is 10.4. The Morgan fingerprint density at radius 1 is 1.14 bits per heavy atom. The minimum Gasteiger partial charge on any atom is -0.372 e. The lowest BCUT2D eigenvalue weighted by Gasteiger charge is -2.26. The molecule has 21 heavy (non-hydrogen) atoms. The summed E-state index contributed by atoms with van der Waals surface area (Å²) in [5.74, 6) is 0. The number of hydrogen-bond acceptors (Lipinski definition) is 3. The molecule has 0 spiro atoms. The van der Waals surface area contributed by atoms with E-state index < -0.39 is 0 Å². The fraction of sp³-hybridized carbons (Fsp3) is 0.278. The molecule has 1 aliphatic heterocycles. The zero-order valence-electron chi connectivity index (χ0n) is 11.9. The van der Waals surface area contributed by atoms with Gasteiger partial charge in [-0.05, 0) is 35.2 Å². The number of hydrogen-bond donors (Lipinski definition) is 1. The first-order valence-electron chi connectivity index (χ1n) is 7.26. The largest absolute Gasteiger partial charge is 0.372 e. The Morgan fingerprint density at radius 2 is 1.95 bits per heavy atom. The molecule has 0 amide bonds. The number of nitrogens with one attached hydrogen (secondary N) is 1. The minimum atomic E-state index is 0.133. The van der Waals surface area contributed by atoms with Crippen LogP contribution in [-0.4, -0.2) is 13.2 Å². The van der Waals surface area contributed by atoms with Crippen molar-refractivity contribution >= 4 is 0 Å². The van der Waals surface area contributed by atoms with Gasteiger partial charge in [-0.3, -0.25) is 0 Å². The first kappa shape index (κ1) is 13.8. The van der Waals surface area contributed by atoms with Gasteiger partial charge in [0, 0.05) is 13.1 Å². The molecule has 2 aromatic rings. The number of rotatable bonds is 4. The Labute approximate surface area is 125 Å². The van der Waals surface area contributed by atoms with Crippen LogP contribution in [0, 0.1) is 11.3 Å². The molecule has 0 saturated heterocycles. The molecule has 0 aromatic heterocycles. The maximum absolute atomic E-state index is 8.79. The highest BCUT2D eigenvalue weighted by atomic mass is 16.5. The Morgan fingerprint density at radius 3 is 2.76 bits per heavy atom. The predicted octanol–water partition coefficient (Wildman–Crippen LogP) is 2.96. The summed E-state index contributed by atoms with van der Waals surface area (Å²) >= 11 is 0. The third-order valence-electron chi connectivity index (χ3n) is 3.83. The van der Waals surface area contributed by atoms with Gasteiger partial charge in [0.1, 0.15) is 0 Å². The van der Waals surface area contributed by atoms with Crippen LogP contribution < -0.4 is 5.32 Å². The molecule has 0 radical (unpaired) electrons. The maximum atomic E-state index is 8.79. The molecular formula is C18H18N2O. The summed E-state index contributed by atoms with van der Waals surface area (Å²) < 4.78 is 5.87. The monoisotopic (exact) mass is 278 g/mol. The van der Waals surface area contributed by atoms with Gasteiger partial charge in [-0.15, -0.1) is 0 Å². The van der Waals surface area contributed by atoms with Crippen molar-refractivity contribution in [3.63, 3.8) is 0 Å². The Bertz CT molecular complexity index is 643. The quantitative estimate of drug-likeness (QED) is 0.935. The zero-order chi connectivity index (χ0) is 14.5. The van der Waals surface area contributed by atoms with E-state index in [1.165, 1.54) is 16.7 Å². The molecule has 0 aliphatic carbocycles. The van der Waals surface area contributed by atoms with Crippen LogP contribution in [0.25, 0.3) is 0 Å². The van der Waals surface area contributed by atoms with Gasteiger partial charge in [0.15, 0.2) is 0 Å². The van der Waals surface area contributed by atoms with Crippen molar-refractivity contribution in [2.24, 2.45) is 0 Å². The summed E-state index contributed by atoms with van der Waals surface area (Å²) in [7, 11) is 0. The third-order valence-corrected chi connectivity index (χ3v) is 3.83. The smallest absolute Gasteiger partial charge is 0.0991 e. The van der Waals surface area contributed by atoms with E-state index in [-0.39, 0.29) is 6.10 Å². The summed E-state index contributed by atoms with van der Waals surface area (Å²) in [5.41, 5.74) is 4.58. The number of ether oxygens (including phenoxy) is 1. The van der Waals surface area contributed by atoms with Gasteiger partial charge < -0.3 is 10.1 Å². The predicted molar refractivity (Wildman–Crippen MR) is 81.7 cm³/mol. The lowest BCUT2D eigenvalue weighted by atomic mass is 9.97. The van der Waals surface area contributed by atoms with Crippen molar-refractivity contribution in [2.75, 3.05) is 13.2 Å². The SMILES string of the molecule is N#Cc1ccc(CNCC2OCCc3ccccc32)cc1. The molecule has 1 N–H and O–H groups in total. The molecule has 0 bridgehead atoms. The summed E-state index contributed by atoms with van der Waals surface area (Å²) in [5, 5.41) is 12.2. The van der Waals surface area contributed by atoms with Gasteiger partial charge in [-0.25, -0.2) is 0 Å². The summed E-state index contributed by atoms with van der Waals surface area (Å²) in [6.45, 7) is 2.38. The molecule has 0 fully saturated rings. The van der Waals surface area contributed by atoms with E-state index >= 15 is 0 Å². The van der Waals surface area contributed by atoms with Crippen molar-refractivity contribution < 1.29 is 4.74 Å². The number of fused-ring (bicyclic) bond motifs is 1. The molecule has 3 heteroatoms. The normalized spacial score (nSPS) is 17.0. The van der Waals surface area contributed by atoms with Crippen molar-refractivity contribution in [1.82, 2.24) is 5.32 Å². The van der Waals surface area contributed by atoms with Crippen molar-refractivity contribution in [1.29, 1.82) is 5.26 Å². The molecule has 1 unspecified atom stereocenters. The highest BCUT2D eigenvalue weighted by molar-refractivity contribution is 5.32. The topological polar surface area (TPSA) is 45.0 Å². The Balaban J connectivity index is 1.57. The van der Waals surface area contributed by atoms with Crippen LogP contribution in [0.3, 0.4) is 0 Å². The highest BCUT2D eigenvalue weighted by Crippen LogP contribution is 2.26. The minimum absolute atomic E-state index is 0.133. The van der Waals surface area contributed by atoms with E-state index in [9.17, 15) is 0 Å². The molecule has 3 nitrogen and oxygen atoms in total. The third kappa shape index (κ3) is 3.30. The summed E-state index contributed by atoms with van der Waals surface area (Å²) in [4.78, 5) is 0. The zero-order valence-corrected chi connectivity index (χ0v) is 11.9. The second-order valence-electron chi connectivity index (χ2n) is 5.25. The molecule has 1 atom stereocenters. The van der Waals surface area contributed by atoms with E-state index in [1.807, 2.05) is 24.3 Å². The summed E-state index contributed by atoms with van der Waals surface area (Å²) in [6, 6.07) is 18.3. The Kier molecular flexibility index (Phi) is 4.30. The van der Waals surface area contributed by atoms with E-state index in [2.05, 4.69) is 35.7 Å². The summed E-state index contributed by atoms with van der Waals surface area (Å²) in [6.07, 6.45) is 1.13. The van der Waals surface area contributed by atoms with Crippen molar-refractivity contribution in [3.05, 3.63) is 70.8 Å². The van der Waals surface area contributed by atoms with E-state index in [1.54, 1.807) is 0 Å². The van der Waals surface area contributed by atoms with Crippen LogP contribution in [0.2, 0.25) is 0 Å².